The first kappa shape index (κ1) is 13.3. The fourth-order valence-electron chi connectivity index (χ4n) is 2.34. The molecule has 0 amide bonds. The Kier molecular flexibility index (Phi) is 4.59. The van der Waals surface area contributed by atoms with Gasteiger partial charge in [-0.05, 0) is 37.8 Å². The van der Waals surface area contributed by atoms with Gasteiger partial charge in [0, 0.05) is 37.6 Å². The number of nitrogens with one attached hydrogen (secondary N) is 1. The van der Waals surface area contributed by atoms with E-state index in [2.05, 4.69) is 42.0 Å². The lowest BCUT2D eigenvalue weighted by Crippen LogP contribution is -2.29. The van der Waals surface area contributed by atoms with Crippen molar-refractivity contribution < 1.29 is 0 Å². The number of hydrogen-bond acceptors (Lipinski definition) is 3. The second kappa shape index (κ2) is 6.19. The average molecular weight is 247 g/mol. The highest BCUT2D eigenvalue weighted by molar-refractivity contribution is 5.42. The van der Waals surface area contributed by atoms with E-state index in [4.69, 9.17) is 0 Å². The zero-order valence-electron chi connectivity index (χ0n) is 11.8. The Labute approximate surface area is 111 Å². The molecule has 1 aliphatic carbocycles. The van der Waals surface area contributed by atoms with Gasteiger partial charge in [0.1, 0.15) is 0 Å². The lowest BCUT2D eigenvalue weighted by atomic mass is 10.2. The third kappa shape index (κ3) is 3.98. The SMILES string of the molecule is CCNc1ccnc(CN(CC(C)C)C2CC2)c1. The summed E-state index contributed by atoms with van der Waals surface area (Å²) >= 11 is 0. The minimum atomic E-state index is 0.725. The monoisotopic (exact) mass is 247 g/mol. The van der Waals surface area contributed by atoms with Crippen LogP contribution in [0, 0.1) is 5.92 Å². The largest absolute Gasteiger partial charge is 0.385 e. The molecule has 0 saturated heterocycles. The molecule has 0 aromatic carbocycles. The first-order valence-electron chi connectivity index (χ1n) is 7.12. The number of pyridine rings is 1. The highest BCUT2D eigenvalue weighted by Gasteiger charge is 2.29. The minimum Gasteiger partial charge on any atom is -0.385 e. The van der Waals surface area contributed by atoms with E-state index in [0.29, 0.717) is 0 Å². The van der Waals surface area contributed by atoms with Crippen molar-refractivity contribution in [3.63, 3.8) is 0 Å². The number of hydrogen-bond donors (Lipinski definition) is 1. The zero-order valence-corrected chi connectivity index (χ0v) is 11.8. The van der Waals surface area contributed by atoms with Crippen molar-refractivity contribution >= 4 is 5.69 Å². The second-order valence-corrected chi connectivity index (χ2v) is 5.62. The Bertz CT molecular complexity index is 372. The molecule has 0 radical (unpaired) electrons. The van der Waals surface area contributed by atoms with Crippen LogP contribution in [-0.4, -0.2) is 29.0 Å². The van der Waals surface area contributed by atoms with Crippen LogP contribution in [0.5, 0.6) is 0 Å². The molecule has 2 rings (SSSR count). The molecule has 1 fully saturated rings. The van der Waals surface area contributed by atoms with Gasteiger partial charge >= 0.3 is 0 Å². The smallest absolute Gasteiger partial charge is 0.0564 e. The van der Waals surface area contributed by atoms with Crippen LogP contribution < -0.4 is 5.32 Å². The van der Waals surface area contributed by atoms with Crippen LogP contribution in [0.3, 0.4) is 0 Å². The molecule has 0 aliphatic heterocycles. The van der Waals surface area contributed by atoms with Crippen LogP contribution in [0.2, 0.25) is 0 Å². The van der Waals surface area contributed by atoms with Crippen LogP contribution in [0.25, 0.3) is 0 Å². The van der Waals surface area contributed by atoms with Gasteiger partial charge in [-0.1, -0.05) is 13.8 Å². The van der Waals surface area contributed by atoms with Gasteiger partial charge < -0.3 is 5.32 Å². The molecule has 3 nitrogen and oxygen atoms in total. The Morgan fingerprint density at radius 2 is 2.22 bits per heavy atom. The highest BCUT2D eigenvalue weighted by Crippen LogP contribution is 2.29. The minimum absolute atomic E-state index is 0.725. The standard InChI is InChI=1S/C15H25N3/c1-4-16-13-7-8-17-14(9-13)11-18(10-12(2)3)15-5-6-15/h7-9,12,15H,4-6,10-11H2,1-3H3,(H,16,17). The number of nitrogens with zero attached hydrogens (tertiary/aromatic N) is 2. The van der Waals surface area contributed by atoms with Crippen LogP contribution in [0.4, 0.5) is 5.69 Å². The van der Waals surface area contributed by atoms with Gasteiger partial charge in [-0.2, -0.15) is 0 Å². The van der Waals surface area contributed by atoms with Crippen molar-refractivity contribution in [1.29, 1.82) is 0 Å². The Morgan fingerprint density at radius 1 is 1.44 bits per heavy atom. The van der Waals surface area contributed by atoms with Gasteiger partial charge in [0.2, 0.25) is 0 Å². The average Bonchev–Trinajstić information content (AvgIpc) is 3.12. The normalized spacial score (nSPS) is 15.4. The van der Waals surface area contributed by atoms with Crippen molar-refractivity contribution in [1.82, 2.24) is 9.88 Å². The van der Waals surface area contributed by atoms with Gasteiger partial charge in [-0.15, -0.1) is 0 Å². The van der Waals surface area contributed by atoms with Gasteiger partial charge in [-0.3, -0.25) is 9.88 Å². The molecule has 1 aliphatic rings. The summed E-state index contributed by atoms with van der Waals surface area (Å²) < 4.78 is 0. The van der Waals surface area contributed by atoms with E-state index in [9.17, 15) is 0 Å². The van der Waals surface area contributed by atoms with Crippen molar-refractivity contribution in [3.05, 3.63) is 24.0 Å². The van der Waals surface area contributed by atoms with Crippen LogP contribution in [-0.2, 0) is 6.54 Å². The van der Waals surface area contributed by atoms with E-state index in [1.54, 1.807) is 0 Å². The summed E-state index contributed by atoms with van der Waals surface area (Å²) in [5.41, 5.74) is 2.36. The first-order chi connectivity index (χ1) is 8.69. The Balaban J connectivity index is 1.99. The summed E-state index contributed by atoms with van der Waals surface area (Å²) in [5.74, 6) is 0.725. The maximum atomic E-state index is 4.50. The van der Waals surface area contributed by atoms with Crippen LogP contribution in [0.1, 0.15) is 39.3 Å². The van der Waals surface area contributed by atoms with Crippen LogP contribution >= 0.6 is 0 Å². The van der Waals surface area contributed by atoms with Crippen LogP contribution in [0.15, 0.2) is 18.3 Å². The molecule has 0 atom stereocenters. The van der Waals surface area contributed by atoms with E-state index in [1.807, 2.05) is 12.3 Å². The van der Waals surface area contributed by atoms with Crippen molar-refractivity contribution in [3.8, 4) is 0 Å². The topological polar surface area (TPSA) is 28.2 Å². The molecule has 3 heteroatoms. The van der Waals surface area contributed by atoms with E-state index >= 15 is 0 Å². The molecular formula is C15H25N3. The molecule has 0 bridgehead atoms. The summed E-state index contributed by atoms with van der Waals surface area (Å²) in [6, 6.07) is 5.02. The molecule has 0 unspecified atom stereocenters. The highest BCUT2D eigenvalue weighted by atomic mass is 15.2. The molecule has 1 aromatic heterocycles. The summed E-state index contributed by atoms with van der Waals surface area (Å²) in [7, 11) is 0. The lowest BCUT2D eigenvalue weighted by Gasteiger charge is -2.23. The van der Waals surface area contributed by atoms with E-state index in [0.717, 1.165) is 25.0 Å². The fourth-order valence-corrected chi connectivity index (χ4v) is 2.34. The zero-order chi connectivity index (χ0) is 13.0. The summed E-state index contributed by atoms with van der Waals surface area (Å²) in [6.07, 6.45) is 4.63. The molecule has 18 heavy (non-hydrogen) atoms. The van der Waals surface area contributed by atoms with Gasteiger partial charge in [0.15, 0.2) is 0 Å². The molecule has 1 N–H and O–H groups in total. The van der Waals surface area contributed by atoms with Gasteiger partial charge in [-0.25, -0.2) is 0 Å². The van der Waals surface area contributed by atoms with Gasteiger partial charge in [0.05, 0.1) is 5.69 Å². The third-order valence-corrected chi connectivity index (χ3v) is 3.23. The van der Waals surface area contributed by atoms with E-state index in [-0.39, 0.29) is 0 Å². The first-order valence-corrected chi connectivity index (χ1v) is 7.12. The molecule has 1 aromatic rings. The molecule has 0 spiro atoms. The fraction of sp³-hybridized carbons (Fsp3) is 0.667. The molecule has 1 heterocycles. The Hall–Kier alpha value is -1.09. The maximum absolute atomic E-state index is 4.50. The maximum Gasteiger partial charge on any atom is 0.0564 e. The predicted octanol–water partition coefficient (Wildman–Crippen LogP) is 3.13. The number of aromatic nitrogens is 1. The summed E-state index contributed by atoms with van der Waals surface area (Å²) in [5, 5.41) is 3.35. The van der Waals surface area contributed by atoms with Gasteiger partial charge in [0.25, 0.3) is 0 Å². The third-order valence-electron chi connectivity index (χ3n) is 3.23. The molecule has 100 valence electrons. The summed E-state index contributed by atoms with van der Waals surface area (Å²) in [6.45, 7) is 9.83. The van der Waals surface area contributed by atoms with E-state index in [1.165, 1.54) is 30.8 Å². The van der Waals surface area contributed by atoms with Crippen molar-refractivity contribution in [2.75, 3.05) is 18.4 Å². The second-order valence-electron chi connectivity index (χ2n) is 5.62. The Morgan fingerprint density at radius 3 is 2.83 bits per heavy atom. The molecule has 1 saturated carbocycles. The lowest BCUT2D eigenvalue weighted by molar-refractivity contribution is 0.223. The predicted molar refractivity (Wildman–Crippen MR) is 76.7 cm³/mol. The summed E-state index contributed by atoms with van der Waals surface area (Å²) in [4.78, 5) is 7.08. The van der Waals surface area contributed by atoms with Crippen molar-refractivity contribution in [2.24, 2.45) is 5.92 Å². The number of anilines is 1. The number of rotatable bonds is 7. The van der Waals surface area contributed by atoms with E-state index < -0.39 is 0 Å². The quantitative estimate of drug-likeness (QED) is 0.802. The van der Waals surface area contributed by atoms with Crippen molar-refractivity contribution in [2.45, 2.75) is 46.2 Å². The molecular weight excluding hydrogens is 222 g/mol.